The number of nitriles is 1. The third-order valence-electron chi connectivity index (χ3n) is 2.60. The number of rotatable bonds is 1. The summed E-state index contributed by atoms with van der Waals surface area (Å²) in [5, 5.41) is 12.2. The van der Waals surface area contributed by atoms with Crippen LogP contribution < -0.4 is 5.32 Å². The van der Waals surface area contributed by atoms with Crippen LogP contribution in [0.1, 0.15) is 36.4 Å². The van der Waals surface area contributed by atoms with E-state index in [4.69, 9.17) is 5.26 Å². The van der Waals surface area contributed by atoms with E-state index in [2.05, 4.69) is 16.4 Å². The van der Waals surface area contributed by atoms with Crippen LogP contribution in [0.25, 0.3) is 0 Å². The number of piperidine rings is 1. The van der Waals surface area contributed by atoms with E-state index in [9.17, 15) is 0 Å². The van der Waals surface area contributed by atoms with E-state index in [0.717, 1.165) is 18.5 Å². The molecule has 14 heavy (non-hydrogen) atoms. The number of pyridine rings is 1. The minimum absolute atomic E-state index is 0.393. The van der Waals surface area contributed by atoms with E-state index >= 15 is 0 Å². The lowest BCUT2D eigenvalue weighted by atomic mass is 9.98. The zero-order valence-electron chi connectivity index (χ0n) is 8.03. The highest BCUT2D eigenvalue weighted by atomic mass is 14.9. The molecule has 1 N–H and O–H groups in total. The number of hydrogen-bond acceptors (Lipinski definition) is 3. The molecule has 2 rings (SSSR count). The lowest BCUT2D eigenvalue weighted by Crippen LogP contribution is -2.26. The Morgan fingerprint density at radius 1 is 1.43 bits per heavy atom. The summed E-state index contributed by atoms with van der Waals surface area (Å²) in [5.74, 6) is 0. The van der Waals surface area contributed by atoms with Gasteiger partial charge < -0.3 is 5.32 Å². The molecule has 0 saturated carbocycles. The molecule has 0 amide bonds. The fourth-order valence-corrected chi connectivity index (χ4v) is 1.85. The van der Waals surface area contributed by atoms with Gasteiger partial charge in [-0.3, -0.25) is 4.98 Å². The quantitative estimate of drug-likeness (QED) is 0.728. The molecule has 3 nitrogen and oxygen atoms in total. The Hall–Kier alpha value is -1.40. The predicted molar refractivity (Wildman–Crippen MR) is 53.5 cm³/mol. The van der Waals surface area contributed by atoms with Crippen molar-refractivity contribution in [3.63, 3.8) is 0 Å². The molecule has 0 bridgehead atoms. The second-order valence-corrected chi connectivity index (χ2v) is 3.62. The van der Waals surface area contributed by atoms with Gasteiger partial charge in [-0.25, -0.2) is 0 Å². The van der Waals surface area contributed by atoms with Crippen molar-refractivity contribution in [2.45, 2.75) is 25.3 Å². The Morgan fingerprint density at radius 2 is 2.36 bits per heavy atom. The van der Waals surface area contributed by atoms with Gasteiger partial charge in [0.1, 0.15) is 6.07 Å². The Balaban J connectivity index is 2.18. The van der Waals surface area contributed by atoms with Crippen molar-refractivity contribution in [3.05, 3.63) is 29.6 Å². The maximum atomic E-state index is 8.75. The molecule has 1 aliphatic rings. The first-order valence-electron chi connectivity index (χ1n) is 4.98. The molecule has 0 aliphatic carbocycles. The first-order chi connectivity index (χ1) is 6.90. The molecule has 1 saturated heterocycles. The molecule has 3 heteroatoms. The lowest BCUT2D eigenvalue weighted by molar-refractivity contribution is 0.411. The molecule has 1 aromatic heterocycles. The van der Waals surface area contributed by atoms with Crippen molar-refractivity contribution in [2.75, 3.05) is 6.54 Å². The van der Waals surface area contributed by atoms with Gasteiger partial charge in [-0.2, -0.15) is 5.26 Å². The molecule has 0 aromatic carbocycles. The van der Waals surface area contributed by atoms with Gasteiger partial charge in [0, 0.05) is 18.4 Å². The van der Waals surface area contributed by atoms with E-state index in [0.29, 0.717) is 11.6 Å². The molecule has 1 aliphatic heterocycles. The summed E-state index contributed by atoms with van der Waals surface area (Å²) in [6.07, 6.45) is 7.11. The highest BCUT2D eigenvalue weighted by Crippen LogP contribution is 2.22. The lowest BCUT2D eigenvalue weighted by Gasteiger charge is -2.23. The van der Waals surface area contributed by atoms with Crippen LogP contribution >= 0.6 is 0 Å². The second kappa shape index (κ2) is 4.21. The van der Waals surface area contributed by atoms with Crippen LogP contribution in [0.3, 0.4) is 0 Å². The zero-order valence-corrected chi connectivity index (χ0v) is 8.03. The fourth-order valence-electron chi connectivity index (χ4n) is 1.85. The number of nitrogens with zero attached hydrogens (tertiary/aromatic N) is 2. The first kappa shape index (κ1) is 9.17. The first-order valence-corrected chi connectivity index (χ1v) is 4.98. The normalized spacial score (nSPS) is 21.5. The Kier molecular flexibility index (Phi) is 2.76. The smallest absolute Gasteiger partial charge is 0.101 e. The van der Waals surface area contributed by atoms with Gasteiger partial charge in [-0.15, -0.1) is 0 Å². The van der Waals surface area contributed by atoms with E-state index < -0.39 is 0 Å². The van der Waals surface area contributed by atoms with Gasteiger partial charge in [0.15, 0.2) is 0 Å². The minimum atomic E-state index is 0.393. The average Bonchev–Trinajstić information content (AvgIpc) is 2.30. The van der Waals surface area contributed by atoms with Crippen molar-refractivity contribution in [1.82, 2.24) is 10.3 Å². The summed E-state index contributed by atoms with van der Waals surface area (Å²) in [4.78, 5) is 4.07. The second-order valence-electron chi connectivity index (χ2n) is 3.62. The van der Waals surface area contributed by atoms with Crippen molar-refractivity contribution in [1.29, 1.82) is 5.26 Å². The van der Waals surface area contributed by atoms with Gasteiger partial charge in [0.25, 0.3) is 0 Å². The molecule has 1 unspecified atom stereocenters. The highest BCUT2D eigenvalue weighted by molar-refractivity contribution is 5.30. The summed E-state index contributed by atoms with van der Waals surface area (Å²) in [6.45, 7) is 1.07. The summed E-state index contributed by atoms with van der Waals surface area (Å²) in [5.41, 5.74) is 1.79. The van der Waals surface area contributed by atoms with Crippen molar-refractivity contribution in [2.24, 2.45) is 0 Å². The summed E-state index contributed by atoms with van der Waals surface area (Å²) in [7, 11) is 0. The van der Waals surface area contributed by atoms with Gasteiger partial charge in [0.2, 0.25) is 0 Å². The largest absolute Gasteiger partial charge is 0.310 e. The molecular formula is C11H13N3. The maximum Gasteiger partial charge on any atom is 0.101 e. The van der Waals surface area contributed by atoms with Crippen molar-refractivity contribution in [3.8, 4) is 6.07 Å². The molecule has 0 radical (unpaired) electrons. The van der Waals surface area contributed by atoms with Crippen LogP contribution in [-0.2, 0) is 0 Å². The topological polar surface area (TPSA) is 48.7 Å². The van der Waals surface area contributed by atoms with Gasteiger partial charge >= 0.3 is 0 Å². The Labute approximate surface area is 83.8 Å². The van der Waals surface area contributed by atoms with Crippen molar-refractivity contribution < 1.29 is 0 Å². The maximum absolute atomic E-state index is 8.75. The van der Waals surface area contributed by atoms with E-state index in [1.54, 1.807) is 6.20 Å². The van der Waals surface area contributed by atoms with Crippen LogP contribution in [0.5, 0.6) is 0 Å². The average molecular weight is 187 g/mol. The van der Waals surface area contributed by atoms with Crippen LogP contribution in [0.2, 0.25) is 0 Å². The van der Waals surface area contributed by atoms with Crippen LogP contribution in [0.15, 0.2) is 18.5 Å². The highest BCUT2D eigenvalue weighted by Gasteiger charge is 2.14. The molecule has 1 fully saturated rings. The predicted octanol–water partition coefficient (Wildman–Crippen LogP) is 1.77. The minimum Gasteiger partial charge on any atom is -0.310 e. The van der Waals surface area contributed by atoms with Gasteiger partial charge in [0.05, 0.1) is 5.56 Å². The van der Waals surface area contributed by atoms with Gasteiger partial charge in [-0.1, -0.05) is 6.42 Å². The number of hydrogen-bond donors (Lipinski definition) is 1. The summed E-state index contributed by atoms with van der Waals surface area (Å²) < 4.78 is 0. The Morgan fingerprint density at radius 3 is 3.07 bits per heavy atom. The third kappa shape index (κ3) is 1.91. The van der Waals surface area contributed by atoms with Crippen LogP contribution in [-0.4, -0.2) is 11.5 Å². The molecule has 2 heterocycles. The standard InChI is InChI=1S/C11H13N3/c12-6-9-5-10(8-13-7-9)11-3-1-2-4-14-11/h5,7-8,11,14H,1-4H2. The fraction of sp³-hybridized carbons (Fsp3) is 0.455. The molecule has 1 atom stereocenters. The van der Waals surface area contributed by atoms with Crippen LogP contribution in [0, 0.1) is 11.3 Å². The van der Waals surface area contributed by atoms with E-state index in [1.807, 2.05) is 12.3 Å². The third-order valence-corrected chi connectivity index (χ3v) is 2.60. The van der Waals surface area contributed by atoms with E-state index in [1.165, 1.54) is 12.8 Å². The number of nitrogens with one attached hydrogen (secondary N) is 1. The zero-order chi connectivity index (χ0) is 9.80. The van der Waals surface area contributed by atoms with Gasteiger partial charge in [-0.05, 0) is 31.0 Å². The summed E-state index contributed by atoms with van der Waals surface area (Å²) in [6, 6.07) is 4.44. The number of aromatic nitrogens is 1. The van der Waals surface area contributed by atoms with Crippen molar-refractivity contribution >= 4 is 0 Å². The monoisotopic (exact) mass is 187 g/mol. The molecule has 72 valence electrons. The molecule has 1 aromatic rings. The molecular weight excluding hydrogens is 174 g/mol. The Bertz CT molecular complexity index is 348. The summed E-state index contributed by atoms with van der Waals surface area (Å²) >= 11 is 0. The molecule has 0 spiro atoms. The van der Waals surface area contributed by atoms with Crippen LogP contribution in [0.4, 0.5) is 0 Å². The SMILES string of the molecule is N#Cc1cncc(C2CCCCN2)c1. The van der Waals surface area contributed by atoms with E-state index in [-0.39, 0.29) is 0 Å².